The van der Waals surface area contributed by atoms with E-state index in [9.17, 15) is 9.59 Å². The van der Waals surface area contributed by atoms with Crippen molar-refractivity contribution in [1.29, 1.82) is 0 Å². The number of aromatic nitrogens is 1. The number of carbonyl (C=O) groups is 2. The third-order valence-corrected chi connectivity index (χ3v) is 4.70. The van der Waals surface area contributed by atoms with E-state index in [4.69, 9.17) is 10.5 Å². The predicted molar refractivity (Wildman–Crippen MR) is 106 cm³/mol. The van der Waals surface area contributed by atoms with Crippen molar-refractivity contribution in [2.24, 2.45) is 5.73 Å². The quantitative estimate of drug-likeness (QED) is 0.655. The van der Waals surface area contributed by atoms with Crippen LogP contribution in [-0.4, -0.2) is 23.4 Å². The van der Waals surface area contributed by atoms with Crippen molar-refractivity contribution >= 4 is 28.8 Å². The number of carbonyl (C=O) groups excluding carboxylic acids is 2. The van der Waals surface area contributed by atoms with Crippen molar-refractivity contribution in [3.63, 3.8) is 0 Å². The lowest BCUT2D eigenvalue weighted by Gasteiger charge is -2.04. The molecule has 0 saturated heterocycles. The van der Waals surface area contributed by atoms with Gasteiger partial charge in [-0.25, -0.2) is 4.98 Å². The Morgan fingerprint density at radius 3 is 2.44 bits per heavy atom. The fourth-order valence-electron chi connectivity index (χ4n) is 2.47. The molecule has 1 aromatic heterocycles. The first-order chi connectivity index (χ1) is 13.0. The van der Waals surface area contributed by atoms with Gasteiger partial charge < -0.3 is 15.8 Å². The first-order valence-corrected chi connectivity index (χ1v) is 9.30. The molecule has 138 valence electrons. The molecule has 0 aliphatic heterocycles. The standard InChI is InChI=1S/C20H19N3O3S/c1-2-26-17-9-5-14(6-10-17)20-23-16(12-27-20)11-18(24)22-15-7-3-13(4-8-15)19(21)25/h3-10,12H,2,11H2,1H3,(H2,21,25)(H,22,24). The highest BCUT2D eigenvalue weighted by Gasteiger charge is 2.10. The van der Waals surface area contributed by atoms with Crippen molar-refractivity contribution in [2.45, 2.75) is 13.3 Å². The summed E-state index contributed by atoms with van der Waals surface area (Å²) in [4.78, 5) is 27.8. The number of nitrogens with two attached hydrogens (primary N) is 1. The summed E-state index contributed by atoms with van der Waals surface area (Å²) < 4.78 is 5.44. The summed E-state index contributed by atoms with van der Waals surface area (Å²) in [7, 11) is 0. The van der Waals surface area contributed by atoms with Crippen LogP contribution in [0.2, 0.25) is 0 Å². The molecular formula is C20H19N3O3S. The number of thiazole rings is 1. The second-order valence-electron chi connectivity index (χ2n) is 5.77. The van der Waals surface area contributed by atoms with E-state index in [2.05, 4.69) is 10.3 Å². The Hall–Kier alpha value is -3.19. The fourth-order valence-corrected chi connectivity index (χ4v) is 3.29. The molecule has 0 atom stereocenters. The second-order valence-corrected chi connectivity index (χ2v) is 6.63. The Bertz CT molecular complexity index is 934. The molecule has 27 heavy (non-hydrogen) atoms. The monoisotopic (exact) mass is 381 g/mol. The van der Waals surface area contributed by atoms with Gasteiger partial charge in [-0.1, -0.05) is 0 Å². The molecule has 0 aliphatic carbocycles. The van der Waals surface area contributed by atoms with Gasteiger partial charge in [0.1, 0.15) is 10.8 Å². The molecule has 3 N–H and O–H groups in total. The number of rotatable bonds is 7. The average Bonchev–Trinajstić information content (AvgIpc) is 3.11. The van der Waals surface area contributed by atoms with Crippen molar-refractivity contribution in [3.8, 4) is 16.3 Å². The van der Waals surface area contributed by atoms with Crippen LogP contribution in [0.4, 0.5) is 5.69 Å². The van der Waals surface area contributed by atoms with Crippen LogP contribution >= 0.6 is 11.3 Å². The molecule has 3 aromatic rings. The lowest BCUT2D eigenvalue weighted by molar-refractivity contribution is -0.115. The summed E-state index contributed by atoms with van der Waals surface area (Å²) in [6.07, 6.45) is 0.172. The van der Waals surface area contributed by atoms with Crippen molar-refractivity contribution < 1.29 is 14.3 Å². The molecule has 0 aliphatic rings. The van der Waals surface area contributed by atoms with Gasteiger partial charge in [0.05, 0.1) is 18.7 Å². The van der Waals surface area contributed by atoms with Gasteiger partial charge in [0.25, 0.3) is 0 Å². The highest BCUT2D eigenvalue weighted by Crippen LogP contribution is 2.26. The number of hydrogen-bond acceptors (Lipinski definition) is 5. The molecule has 0 spiro atoms. The zero-order valence-corrected chi connectivity index (χ0v) is 15.6. The largest absolute Gasteiger partial charge is 0.494 e. The number of ether oxygens (including phenoxy) is 1. The molecule has 0 radical (unpaired) electrons. The van der Waals surface area contributed by atoms with Crippen LogP contribution in [0, 0.1) is 0 Å². The van der Waals surface area contributed by atoms with Gasteiger partial charge in [-0.3, -0.25) is 9.59 Å². The Kier molecular flexibility index (Phi) is 5.83. The Labute approximate surface area is 161 Å². The van der Waals surface area contributed by atoms with Crippen LogP contribution < -0.4 is 15.8 Å². The topological polar surface area (TPSA) is 94.3 Å². The third kappa shape index (κ3) is 4.92. The number of amides is 2. The van der Waals surface area contributed by atoms with E-state index in [0.717, 1.165) is 16.3 Å². The predicted octanol–water partition coefficient (Wildman–Crippen LogP) is 3.49. The Morgan fingerprint density at radius 1 is 1.11 bits per heavy atom. The molecule has 0 bridgehead atoms. The fraction of sp³-hybridized carbons (Fsp3) is 0.150. The molecule has 6 nitrogen and oxygen atoms in total. The summed E-state index contributed by atoms with van der Waals surface area (Å²) in [5.74, 6) is 0.141. The van der Waals surface area contributed by atoms with E-state index in [0.29, 0.717) is 23.6 Å². The number of anilines is 1. The minimum atomic E-state index is -0.503. The Balaban J connectivity index is 1.61. The van der Waals surface area contributed by atoms with Gasteiger partial charge in [-0.05, 0) is 55.5 Å². The van der Waals surface area contributed by atoms with Crippen LogP contribution in [0.5, 0.6) is 5.75 Å². The van der Waals surface area contributed by atoms with Crippen molar-refractivity contribution in [1.82, 2.24) is 4.98 Å². The molecule has 7 heteroatoms. The first kappa shape index (κ1) is 18.6. The van der Waals surface area contributed by atoms with E-state index in [1.165, 1.54) is 11.3 Å². The minimum absolute atomic E-state index is 0.172. The number of hydrogen-bond donors (Lipinski definition) is 2. The van der Waals surface area contributed by atoms with E-state index in [1.807, 2.05) is 36.6 Å². The summed E-state index contributed by atoms with van der Waals surface area (Å²) in [5.41, 5.74) is 7.89. The van der Waals surface area contributed by atoms with Crippen LogP contribution in [0.1, 0.15) is 23.0 Å². The van der Waals surface area contributed by atoms with Gasteiger partial charge in [-0.15, -0.1) is 11.3 Å². The molecule has 2 aromatic carbocycles. The summed E-state index contributed by atoms with van der Waals surface area (Å²) in [5, 5.41) is 5.51. The SMILES string of the molecule is CCOc1ccc(-c2nc(CC(=O)Nc3ccc(C(N)=O)cc3)cs2)cc1. The van der Waals surface area contributed by atoms with Gasteiger partial charge >= 0.3 is 0 Å². The summed E-state index contributed by atoms with van der Waals surface area (Å²) in [6.45, 7) is 2.57. The van der Waals surface area contributed by atoms with E-state index in [1.54, 1.807) is 24.3 Å². The van der Waals surface area contributed by atoms with Gasteiger partial charge in [0.15, 0.2) is 0 Å². The van der Waals surface area contributed by atoms with E-state index >= 15 is 0 Å². The summed E-state index contributed by atoms with van der Waals surface area (Å²) in [6, 6.07) is 14.1. The number of benzene rings is 2. The first-order valence-electron chi connectivity index (χ1n) is 8.42. The number of nitrogens with one attached hydrogen (secondary N) is 1. The molecule has 0 fully saturated rings. The highest BCUT2D eigenvalue weighted by molar-refractivity contribution is 7.13. The molecule has 0 saturated carbocycles. The van der Waals surface area contributed by atoms with Gasteiger partial charge in [0.2, 0.25) is 11.8 Å². The van der Waals surface area contributed by atoms with E-state index in [-0.39, 0.29) is 12.3 Å². The number of primary amides is 1. The molecule has 1 heterocycles. The minimum Gasteiger partial charge on any atom is -0.494 e. The van der Waals surface area contributed by atoms with Crippen LogP contribution in [0.25, 0.3) is 10.6 Å². The second kappa shape index (κ2) is 8.46. The Morgan fingerprint density at radius 2 is 1.81 bits per heavy atom. The van der Waals surface area contributed by atoms with E-state index < -0.39 is 5.91 Å². The van der Waals surface area contributed by atoms with Gasteiger partial charge in [-0.2, -0.15) is 0 Å². The molecule has 2 amide bonds. The normalized spacial score (nSPS) is 10.4. The van der Waals surface area contributed by atoms with Crippen LogP contribution in [0.3, 0.4) is 0 Å². The maximum atomic E-state index is 12.2. The number of nitrogens with zero attached hydrogens (tertiary/aromatic N) is 1. The zero-order chi connectivity index (χ0) is 19.2. The molecule has 0 unspecified atom stereocenters. The summed E-state index contributed by atoms with van der Waals surface area (Å²) >= 11 is 1.49. The lowest BCUT2D eigenvalue weighted by Crippen LogP contribution is -2.15. The highest BCUT2D eigenvalue weighted by atomic mass is 32.1. The molecule has 3 rings (SSSR count). The van der Waals surface area contributed by atoms with Crippen molar-refractivity contribution in [3.05, 3.63) is 65.2 Å². The molecular weight excluding hydrogens is 362 g/mol. The average molecular weight is 381 g/mol. The third-order valence-electron chi connectivity index (χ3n) is 3.76. The van der Waals surface area contributed by atoms with Crippen molar-refractivity contribution in [2.75, 3.05) is 11.9 Å². The lowest BCUT2D eigenvalue weighted by atomic mass is 10.2. The smallest absolute Gasteiger partial charge is 0.248 e. The van der Waals surface area contributed by atoms with Gasteiger partial charge in [0, 0.05) is 22.2 Å². The maximum Gasteiger partial charge on any atom is 0.248 e. The van der Waals surface area contributed by atoms with Crippen LogP contribution in [-0.2, 0) is 11.2 Å². The zero-order valence-electron chi connectivity index (χ0n) is 14.8. The van der Waals surface area contributed by atoms with Crippen LogP contribution in [0.15, 0.2) is 53.9 Å². The maximum absolute atomic E-state index is 12.2.